The first kappa shape index (κ1) is 9.46. The summed E-state index contributed by atoms with van der Waals surface area (Å²) in [4.78, 5) is 2.52. The van der Waals surface area contributed by atoms with Gasteiger partial charge in [-0.1, -0.05) is 37.2 Å². The average molecular weight is 206 g/mol. The fourth-order valence-electron chi connectivity index (χ4n) is 1.47. The Morgan fingerprint density at radius 1 is 1.36 bits per heavy atom. The summed E-state index contributed by atoms with van der Waals surface area (Å²) in [5.74, 6) is 0.815. The molecule has 1 aliphatic heterocycles. The van der Waals surface area contributed by atoms with Crippen LogP contribution >= 0.6 is 11.8 Å². The second kappa shape index (κ2) is 3.96. The van der Waals surface area contributed by atoms with E-state index < -0.39 is 0 Å². The molecule has 0 aliphatic carbocycles. The summed E-state index contributed by atoms with van der Waals surface area (Å²) in [5.41, 5.74) is 7.05. The highest BCUT2D eigenvalue weighted by atomic mass is 32.2. The van der Waals surface area contributed by atoms with Gasteiger partial charge in [-0.05, 0) is 18.6 Å². The number of anilines is 1. The van der Waals surface area contributed by atoms with E-state index in [1.165, 1.54) is 9.80 Å². The SMILES string of the molecule is CCCC1=C(N)Nc2ccccc2S1. The Kier molecular flexibility index (Phi) is 2.68. The molecule has 0 saturated heterocycles. The Morgan fingerprint density at radius 2 is 2.14 bits per heavy atom. The van der Waals surface area contributed by atoms with Crippen LogP contribution < -0.4 is 11.1 Å². The number of thioether (sulfide) groups is 1. The Hall–Kier alpha value is -1.09. The first-order valence-electron chi connectivity index (χ1n) is 4.83. The number of para-hydroxylation sites is 1. The van der Waals surface area contributed by atoms with Crippen LogP contribution in [0.1, 0.15) is 19.8 Å². The maximum absolute atomic E-state index is 5.93. The molecule has 74 valence electrons. The molecule has 2 nitrogen and oxygen atoms in total. The lowest BCUT2D eigenvalue weighted by Gasteiger charge is -2.21. The van der Waals surface area contributed by atoms with E-state index in [2.05, 4.69) is 30.4 Å². The van der Waals surface area contributed by atoms with Crippen molar-refractivity contribution in [3.8, 4) is 0 Å². The molecule has 3 heteroatoms. The van der Waals surface area contributed by atoms with Crippen molar-refractivity contribution >= 4 is 17.4 Å². The molecule has 14 heavy (non-hydrogen) atoms. The lowest BCUT2D eigenvalue weighted by Crippen LogP contribution is -2.15. The van der Waals surface area contributed by atoms with Crippen LogP contribution in [0.4, 0.5) is 5.69 Å². The second-order valence-electron chi connectivity index (χ2n) is 3.31. The third-order valence-corrected chi connectivity index (χ3v) is 3.41. The van der Waals surface area contributed by atoms with Gasteiger partial charge in [-0.25, -0.2) is 0 Å². The summed E-state index contributed by atoms with van der Waals surface area (Å²) in [6.45, 7) is 2.17. The number of benzene rings is 1. The first-order valence-corrected chi connectivity index (χ1v) is 5.65. The lowest BCUT2D eigenvalue weighted by molar-refractivity contribution is 0.930. The van der Waals surface area contributed by atoms with Gasteiger partial charge in [0.05, 0.1) is 5.69 Å². The number of hydrogen-bond acceptors (Lipinski definition) is 3. The van der Waals surface area contributed by atoms with E-state index >= 15 is 0 Å². The van der Waals surface area contributed by atoms with Crippen LogP contribution in [-0.2, 0) is 0 Å². The summed E-state index contributed by atoms with van der Waals surface area (Å²) < 4.78 is 0. The smallest absolute Gasteiger partial charge is 0.111 e. The van der Waals surface area contributed by atoms with E-state index in [1.54, 1.807) is 11.8 Å². The minimum absolute atomic E-state index is 0.815. The Bertz CT molecular complexity index is 371. The van der Waals surface area contributed by atoms with Gasteiger partial charge in [0.1, 0.15) is 5.82 Å². The van der Waals surface area contributed by atoms with Gasteiger partial charge in [0.15, 0.2) is 0 Å². The molecule has 0 spiro atoms. The molecular weight excluding hydrogens is 192 g/mol. The minimum Gasteiger partial charge on any atom is -0.385 e. The van der Waals surface area contributed by atoms with E-state index in [-0.39, 0.29) is 0 Å². The van der Waals surface area contributed by atoms with E-state index in [0.717, 1.165) is 24.4 Å². The molecular formula is C11H14N2S. The van der Waals surface area contributed by atoms with E-state index in [4.69, 9.17) is 5.73 Å². The summed E-state index contributed by atoms with van der Waals surface area (Å²) in [5, 5.41) is 3.23. The zero-order chi connectivity index (χ0) is 9.97. The fraction of sp³-hybridized carbons (Fsp3) is 0.273. The van der Waals surface area contributed by atoms with Crippen molar-refractivity contribution in [2.75, 3.05) is 5.32 Å². The molecule has 0 fully saturated rings. The molecule has 0 amide bonds. The predicted molar refractivity (Wildman–Crippen MR) is 62.0 cm³/mol. The maximum Gasteiger partial charge on any atom is 0.111 e. The number of nitrogens with one attached hydrogen (secondary N) is 1. The highest BCUT2D eigenvalue weighted by Crippen LogP contribution is 2.39. The molecule has 0 unspecified atom stereocenters. The van der Waals surface area contributed by atoms with Crippen molar-refractivity contribution in [2.45, 2.75) is 24.7 Å². The monoisotopic (exact) mass is 206 g/mol. The largest absolute Gasteiger partial charge is 0.385 e. The molecule has 0 saturated carbocycles. The Balaban J connectivity index is 2.27. The highest BCUT2D eigenvalue weighted by molar-refractivity contribution is 8.03. The summed E-state index contributed by atoms with van der Waals surface area (Å²) in [7, 11) is 0. The molecule has 1 aromatic carbocycles. The van der Waals surface area contributed by atoms with Gasteiger partial charge in [-0.2, -0.15) is 0 Å². The van der Waals surface area contributed by atoms with Gasteiger partial charge in [-0.15, -0.1) is 0 Å². The number of allylic oxidation sites excluding steroid dienone is 1. The zero-order valence-electron chi connectivity index (χ0n) is 8.21. The number of nitrogens with two attached hydrogens (primary N) is 1. The quantitative estimate of drug-likeness (QED) is 0.780. The summed E-state index contributed by atoms with van der Waals surface area (Å²) >= 11 is 1.78. The van der Waals surface area contributed by atoms with E-state index in [1.807, 2.05) is 6.07 Å². The van der Waals surface area contributed by atoms with E-state index in [0.29, 0.717) is 0 Å². The zero-order valence-corrected chi connectivity index (χ0v) is 9.03. The molecule has 0 bridgehead atoms. The average Bonchev–Trinajstić information content (AvgIpc) is 2.19. The predicted octanol–water partition coefficient (Wildman–Crippen LogP) is 3.13. The van der Waals surface area contributed by atoms with Gasteiger partial charge in [-0.3, -0.25) is 0 Å². The minimum atomic E-state index is 0.815. The van der Waals surface area contributed by atoms with Crippen LogP contribution in [0.5, 0.6) is 0 Å². The van der Waals surface area contributed by atoms with Crippen LogP contribution in [0.15, 0.2) is 39.9 Å². The van der Waals surface area contributed by atoms with Gasteiger partial charge in [0, 0.05) is 9.80 Å². The molecule has 0 aromatic heterocycles. The third-order valence-electron chi connectivity index (χ3n) is 2.17. The second-order valence-corrected chi connectivity index (χ2v) is 4.45. The van der Waals surface area contributed by atoms with Gasteiger partial charge in [0.2, 0.25) is 0 Å². The molecule has 1 heterocycles. The normalized spacial score (nSPS) is 14.9. The molecule has 1 aromatic rings. The standard InChI is InChI=1S/C11H14N2S/c1-2-5-10-11(12)13-8-6-3-4-7-9(8)14-10/h3-4,6-7,13H,2,5,12H2,1H3. The van der Waals surface area contributed by atoms with Gasteiger partial charge in [0.25, 0.3) is 0 Å². The molecule has 3 N–H and O–H groups in total. The highest BCUT2D eigenvalue weighted by Gasteiger charge is 2.14. The van der Waals surface area contributed by atoms with Crippen LogP contribution in [0.2, 0.25) is 0 Å². The Labute approximate surface area is 88.6 Å². The molecule has 0 atom stereocenters. The van der Waals surface area contributed by atoms with Crippen LogP contribution in [-0.4, -0.2) is 0 Å². The fourth-order valence-corrected chi connectivity index (χ4v) is 2.58. The number of fused-ring (bicyclic) bond motifs is 1. The van der Waals surface area contributed by atoms with Crippen molar-refractivity contribution < 1.29 is 0 Å². The number of hydrogen-bond donors (Lipinski definition) is 2. The lowest BCUT2D eigenvalue weighted by atomic mass is 10.3. The van der Waals surface area contributed by atoms with Gasteiger partial charge < -0.3 is 11.1 Å². The van der Waals surface area contributed by atoms with Crippen LogP contribution in [0, 0.1) is 0 Å². The first-order chi connectivity index (χ1) is 6.81. The molecule has 1 aliphatic rings. The molecule has 2 rings (SSSR count). The topological polar surface area (TPSA) is 38.0 Å². The van der Waals surface area contributed by atoms with Crippen molar-refractivity contribution in [2.24, 2.45) is 5.73 Å². The van der Waals surface area contributed by atoms with Crippen molar-refractivity contribution in [1.82, 2.24) is 0 Å². The van der Waals surface area contributed by atoms with Crippen molar-refractivity contribution in [3.63, 3.8) is 0 Å². The molecule has 0 radical (unpaired) electrons. The summed E-state index contributed by atoms with van der Waals surface area (Å²) in [6.07, 6.45) is 2.19. The maximum atomic E-state index is 5.93. The van der Waals surface area contributed by atoms with Crippen molar-refractivity contribution in [3.05, 3.63) is 35.0 Å². The van der Waals surface area contributed by atoms with Crippen LogP contribution in [0.3, 0.4) is 0 Å². The van der Waals surface area contributed by atoms with Gasteiger partial charge >= 0.3 is 0 Å². The van der Waals surface area contributed by atoms with Crippen LogP contribution in [0.25, 0.3) is 0 Å². The third kappa shape index (κ3) is 1.73. The Morgan fingerprint density at radius 3 is 2.93 bits per heavy atom. The van der Waals surface area contributed by atoms with Crippen molar-refractivity contribution in [1.29, 1.82) is 0 Å². The van der Waals surface area contributed by atoms with E-state index in [9.17, 15) is 0 Å². The number of rotatable bonds is 2. The summed E-state index contributed by atoms with van der Waals surface area (Å²) in [6, 6.07) is 8.25.